The van der Waals surface area contributed by atoms with Crippen molar-refractivity contribution in [2.24, 2.45) is 5.14 Å². The van der Waals surface area contributed by atoms with Gasteiger partial charge in [0.05, 0.1) is 0 Å². The molecule has 1 aromatic rings. The number of hydrogen-bond donors (Lipinski definition) is 1. The summed E-state index contributed by atoms with van der Waals surface area (Å²) in [6, 6.07) is 8.42. The molecular weight excluding hydrogens is 142 g/mol. The monoisotopic (exact) mass is 153 g/mol. The van der Waals surface area contributed by atoms with Gasteiger partial charge in [0.2, 0.25) is 0 Å². The first-order valence-corrected chi connectivity index (χ1v) is 4.25. The normalized spacial score (nSPS) is 9.80. The SMILES string of the molecule is Cc1ccc(CSN)cc1. The lowest BCUT2D eigenvalue weighted by Crippen LogP contribution is -1.84. The number of rotatable bonds is 2. The molecule has 0 radical (unpaired) electrons. The lowest BCUT2D eigenvalue weighted by atomic mass is 10.2. The van der Waals surface area contributed by atoms with Crippen molar-refractivity contribution < 1.29 is 0 Å². The standard InChI is InChI=1S/C8H11NS/c1-7-2-4-8(5-3-7)6-10-9/h2-5H,6,9H2,1H3. The average molecular weight is 153 g/mol. The van der Waals surface area contributed by atoms with Gasteiger partial charge in [-0.05, 0) is 12.5 Å². The van der Waals surface area contributed by atoms with Gasteiger partial charge >= 0.3 is 0 Å². The van der Waals surface area contributed by atoms with Gasteiger partial charge in [0.1, 0.15) is 0 Å². The fourth-order valence-corrected chi connectivity index (χ4v) is 1.17. The Labute approximate surface area is 65.8 Å². The molecule has 1 aromatic carbocycles. The van der Waals surface area contributed by atoms with Crippen LogP contribution in [0.2, 0.25) is 0 Å². The van der Waals surface area contributed by atoms with Crippen LogP contribution in [0, 0.1) is 6.92 Å². The molecule has 0 aromatic heterocycles. The summed E-state index contributed by atoms with van der Waals surface area (Å²) in [5.41, 5.74) is 2.59. The van der Waals surface area contributed by atoms with Gasteiger partial charge in [-0.25, -0.2) is 0 Å². The predicted octanol–water partition coefficient (Wildman–Crippen LogP) is 2.10. The van der Waals surface area contributed by atoms with Crippen LogP contribution in [0.1, 0.15) is 11.1 Å². The Bertz CT molecular complexity index is 193. The molecule has 0 aliphatic carbocycles. The van der Waals surface area contributed by atoms with E-state index in [0.29, 0.717) is 0 Å². The lowest BCUT2D eigenvalue weighted by Gasteiger charge is -1.96. The van der Waals surface area contributed by atoms with Crippen LogP contribution in [0.5, 0.6) is 0 Å². The summed E-state index contributed by atoms with van der Waals surface area (Å²) in [7, 11) is 0. The first kappa shape index (κ1) is 7.63. The van der Waals surface area contributed by atoms with E-state index >= 15 is 0 Å². The minimum atomic E-state index is 0.903. The summed E-state index contributed by atoms with van der Waals surface area (Å²) < 4.78 is 0. The van der Waals surface area contributed by atoms with Gasteiger partial charge < -0.3 is 0 Å². The predicted molar refractivity (Wildman–Crippen MR) is 46.7 cm³/mol. The number of benzene rings is 1. The zero-order valence-corrected chi connectivity index (χ0v) is 6.82. The summed E-state index contributed by atoms with van der Waals surface area (Å²) in [5.74, 6) is 0.903. The van der Waals surface area contributed by atoms with E-state index < -0.39 is 0 Å². The molecule has 10 heavy (non-hydrogen) atoms. The summed E-state index contributed by atoms with van der Waals surface area (Å²) in [6.07, 6.45) is 0. The van der Waals surface area contributed by atoms with Crippen LogP contribution in [-0.2, 0) is 5.75 Å². The minimum absolute atomic E-state index is 0.903. The van der Waals surface area contributed by atoms with Crippen LogP contribution >= 0.6 is 11.9 Å². The molecule has 1 nitrogen and oxygen atoms in total. The van der Waals surface area contributed by atoms with Gasteiger partial charge in [-0.1, -0.05) is 41.8 Å². The third kappa shape index (κ3) is 2.05. The third-order valence-electron chi connectivity index (χ3n) is 1.37. The Kier molecular flexibility index (Phi) is 2.78. The Hall–Kier alpha value is -0.470. The summed E-state index contributed by atoms with van der Waals surface area (Å²) >= 11 is 1.36. The highest BCUT2D eigenvalue weighted by Gasteiger charge is 1.88. The molecule has 0 aliphatic rings. The molecule has 0 unspecified atom stereocenters. The van der Waals surface area contributed by atoms with Crippen LogP contribution in [0.4, 0.5) is 0 Å². The molecular formula is C8H11NS. The maximum Gasteiger partial charge on any atom is 0.0328 e. The van der Waals surface area contributed by atoms with Crippen LogP contribution in [-0.4, -0.2) is 0 Å². The molecule has 0 aliphatic heterocycles. The quantitative estimate of drug-likeness (QED) is 0.658. The van der Waals surface area contributed by atoms with E-state index in [0.717, 1.165) is 5.75 Å². The highest BCUT2D eigenvalue weighted by atomic mass is 32.2. The minimum Gasteiger partial charge on any atom is -0.278 e. The largest absolute Gasteiger partial charge is 0.278 e. The van der Waals surface area contributed by atoms with E-state index in [4.69, 9.17) is 5.14 Å². The zero-order valence-electron chi connectivity index (χ0n) is 6.00. The second kappa shape index (κ2) is 3.64. The van der Waals surface area contributed by atoms with Gasteiger partial charge in [0.25, 0.3) is 0 Å². The highest BCUT2D eigenvalue weighted by molar-refractivity contribution is 7.96. The van der Waals surface area contributed by atoms with Gasteiger partial charge in [-0.15, -0.1) is 0 Å². The second-order valence-corrected chi connectivity index (χ2v) is 2.92. The zero-order chi connectivity index (χ0) is 7.40. The molecule has 0 bridgehead atoms. The van der Waals surface area contributed by atoms with Crippen LogP contribution in [0.3, 0.4) is 0 Å². The Morgan fingerprint density at radius 2 is 1.90 bits per heavy atom. The van der Waals surface area contributed by atoms with E-state index in [1.807, 2.05) is 0 Å². The Balaban J connectivity index is 2.69. The molecule has 0 amide bonds. The fourth-order valence-electron chi connectivity index (χ4n) is 0.781. The van der Waals surface area contributed by atoms with E-state index in [2.05, 4.69) is 31.2 Å². The van der Waals surface area contributed by atoms with Crippen molar-refractivity contribution in [3.05, 3.63) is 35.4 Å². The average Bonchev–Trinajstić information content (AvgIpc) is 1.95. The molecule has 0 spiro atoms. The third-order valence-corrected chi connectivity index (χ3v) is 1.87. The van der Waals surface area contributed by atoms with E-state index in [-0.39, 0.29) is 0 Å². The van der Waals surface area contributed by atoms with Crippen molar-refractivity contribution in [1.82, 2.24) is 0 Å². The first-order chi connectivity index (χ1) is 4.83. The fraction of sp³-hybridized carbons (Fsp3) is 0.250. The lowest BCUT2D eigenvalue weighted by molar-refractivity contribution is 1.37. The van der Waals surface area contributed by atoms with E-state index in [9.17, 15) is 0 Å². The maximum atomic E-state index is 5.32. The molecule has 1 rings (SSSR count). The smallest absolute Gasteiger partial charge is 0.0328 e. The van der Waals surface area contributed by atoms with E-state index in [1.165, 1.54) is 23.1 Å². The Morgan fingerprint density at radius 1 is 1.30 bits per heavy atom. The van der Waals surface area contributed by atoms with Crippen molar-refractivity contribution in [3.8, 4) is 0 Å². The first-order valence-electron chi connectivity index (χ1n) is 3.20. The van der Waals surface area contributed by atoms with Crippen molar-refractivity contribution in [3.63, 3.8) is 0 Å². The number of nitrogens with two attached hydrogens (primary N) is 1. The van der Waals surface area contributed by atoms with Gasteiger partial charge in [-0.3, -0.25) is 5.14 Å². The molecule has 0 saturated carbocycles. The van der Waals surface area contributed by atoms with Crippen LogP contribution in [0.15, 0.2) is 24.3 Å². The van der Waals surface area contributed by atoms with Crippen LogP contribution in [0.25, 0.3) is 0 Å². The Morgan fingerprint density at radius 3 is 2.40 bits per heavy atom. The molecule has 0 fully saturated rings. The van der Waals surface area contributed by atoms with E-state index in [1.54, 1.807) is 0 Å². The molecule has 0 atom stereocenters. The van der Waals surface area contributed by atoms with Crippen molar-refractivity contribution in [1.29, 1.82) is 0 Å². The molecule has 54 valence electrons. The molecule has 2 N–H and O–H groups in total. The van der Waals surface area contributed by atoms with Gasteiger partial charge in [-0.2, -0.15) is 0 Å². The van der Waals surface area contributed by atoms with Crippen LogP contribution < -0.4 is 5.14 Å². The van der Waals surface area contributed by atoms with Crippen molar-refractivity contribution >= 4 is 11.9 Å². The van der Waals surface area contributed by atoms with Gasteiger partial charge in [0, 0.05) is 5.75 Å². The summed E-state index contributed by atoms with van der Waals surface area (Å²) in [4.78, 5) is 0. The highest BCUT2D eigenvalue weighted by Crippen LogP contribution is 2.07. The summed E-state index contributed by atoms with van der Waals surface area (Å²) in [5, 5.41) is 5.32. The topological polar surface area (TPSA) is 26.0 Å². The molecule has 2 heteroatoms. The van der Waals surface area contributed by atoms with Gasteiger partial charge in [0.15, 0.2) is 0 Å². The maximum absolute atomic E-state index is 5.32. The second-order valence-electron chi connectivity index (χ2n) is 2.30. The molecule has 0 saturated heterocycles. The summed E-state index contributed by atoms with van der Waals surface area (Å²) in [6.45, 7) is 2.08. The number of aryl methyl sites for hydroxylation is 1. The number of hydrogen-bond acceptors (Lipinski definition) is 2. The van der Waals surface area contributed by atoms with Crippen molar-refractivity contribution in [2.45, 2.75) is 12.7 Å². The van der Waals surface area contributed by atoms with Crippen molar-refractivity contribution in [2.75, 3.05) is 0 Å². The molecule has 0 heterocycles.